The molecule has 0 bridgehead atoms. The SMILES string of the molecule is O=C(COCc1ccccc1)N1CCC(CN2CCC3(CCCCO3)CC2)CC1. The molecule has 3 fully saturated rings. The van der Waals surface area contributed by atoms with E-state index < -0.39 is 0 Å². The summed E-state index contributed by atoms with van der Waals surface area (Å²) in [6.07, 6.45) is 8.45. The molecule has 0 aliphatic carbocycles. The second-order valence-corrected chi connectivity index (χ2v) is 9.09. The summed E-state index contributed by atoms with van der Waals surface area (Å²) in [7, 11) is 0. The highest BCUT2D eigenvalue weighted by Gasteiger charge is 2.37. The number of likely N-dealkylation sites (tertiary alicyclic amines) is 2. The standard InChI is InChI=1S/C24H36N2O3/c27-23(20-28-19-22-6-2-1-3-7-22)26-13-8-21(9-14-26)18-25-15-11-24(12-16-25)10-4-5-17-29-24/h1-3,6-7,21H,4-5,8-20H2. The van der Waals surface area contributed by atoms with E-state index in [-0.39, 0.29) is 18.1 Å². The van der Waals surface area contributed by atoms with Crippen molar-refractivity contribution in [2.45, 2.75) is 57.2 Å². The van der Waals surface area contributed by atoms with E-state index in [0.717, 1.165) is 38.1 Å². The van der Waals surface area contributed by atoms with Crippen molar-refractivity contribution in [3.05, 3.63) is 35.9 Å². The van der Waals surface area contributed by atoms with Crippen LogP contribution in [-0.2, 0) is 20.9 Å². The highest BCUT2D eigenvalue weighted by Crippen LogP contribution is 2.35. The average molecular weight is 401 g/mol. The molecule has 0 saturated carbocycles. The molecule has 3 heterocycles. The number of hydrogen-bond acceptors (Lipinski definition) is 4. The predicted molar refractivity (Wildman–Crippen MR) is 114 cm³/mol. The minimum absolute atomic E-state index is 0.133. The Morgan fingerprint density at radius 2 is 1.79 bits per heavy atom. The van der Waals surface area contributed by atoms with Gasteiger partial charge in [-0.1, -0.05) is 30.3 Å². The summed E-state index contributed by atoms with van der Waals surface area (Å²) in [5.41, 5.74) is 1.31. The third-order valence-corrected chi connectivity index (χ3v) is 7.02. The lowest BCUT2D eigenvalue weighted by Crippen LogP contribution is -2.49. The maximum Gasteiger partial charge on any atom is 0.248 e. The van der Waals surface area contributed by atoms with E-state index in [9.17, 15) is 4.79 Å². The molecule has 29 heavy (non-hydrogen) atoms. The Hall–Kier alpha value is -1.43. The smallest absolute Gasteiger partial charge is 0.248 e. The summed E-state index contributed by atoms with van der Waals surface area (Å²) in [6.45, 7) is 6.93. The summed E-state index contributed by atoms with van der Waals surface area (Å²) in [4.78, 5) is 17.1. The number of benzene rings is 1. The molecule has 1 amide bonds. The van der Waals surface area contributed by atoms with Crippen LogP contribution in [-0.4, -0.2) is 67.2 Å². The zero-order chi connectivity index (χ0) is 19.9. The Morgan fingerprint density at radius 1 is 1.03 bits per heavy atom. The fourth-order valence-electron chi connectivity index (χ4n) is 5.10. The Kier molecular flexibility index (Phi) is 7.22. The van der Waals surface area contributed by atoms with E-state index >= 15 is 0 Å². The molecule has 0 radical (unpaired) electrons. The third-order valence-electron chi connectivity index (χ3n) is 7.02. The zero-order valence-electron chi connectivity index (χ0n) is 17.7. The molecule has 5 nitrogen and oxygen atoms in total. The molecule has 3 saturated heterocycles. The van der Waals surface area contributed by atoms with Crippen LogP contribution in [0.4, 0.5) is 0 Å². The van der Waals surface area contributed by atoms with Crippen LogP contribution < -0.4 is 0 Å². The molecule has 0 unspecified atom stereocenters. The number of hydrogen-bond donors (Lipinski definition) is 0. The maximum atomic E-state index is 12.4. The molecule has 3 aliphatic heterocycles. The van der Waals surface area contributed by atoms with Gasteiger partial charge in [-0.2, -0.15) is 0 Å². The van der Waals surface area contributed by atoms with E-state index in [1.165, 1.54) is 51.7 Å². The summed E-state index contributed by atoms with van der Waals surface area (Å²) < 4.78 is 11.8. The normalized spacial score (nSPS) is 23.4. The molecule has 1 spiro atoms. The Morgan fingerprint density at radius 3 is 2.48 bits per heavy atom. The van der Waals surface area contributed by atoms with Crippen molar-refractivity contribution in [1.82, 2.24) is 9.80 Å². The number of carbonyl (C=O) groups excluding carboxylic acids is 1. The van der Waals surface area contributed by atoms with Gasteiger partial charge in [0.2, 0.25) is 5.91 Å². The van der Waals surface area contributed by atoms with Crippen LogP contribution in [0.25, 0.3) is 0 Å². The van der Waals surface area contributed by atoms with Crippen LogP contribution in [0.3, 0.4) is 0 Å². The first-order valence-electron chi connectivity index (χ1n) is 11.5. The van der Waals surface area contributed by atoms with Crippen molar-refractivity contribution in [3.63, 3.8) is 0 Å². The summed E-state index contributed by atoms with van der Waals surface area (Å²) in [5, 5.41) is 0. The number of ether oxygens (including phenoxy) is 2. The van der Waals surface area contributed by atoms with Gasteiger partial charge in [-0.25, -0.2) is 0 Å². The second-order valence-electron chi connectivity index (χ2n) is 9.09. The minimum Gasteiger partial charge on any atom is -0.375 e. The number of carbonyl (C=O) groups is 1. The molecule has 0 atom stereocenters. The molecule has 1 aromatic carbocycles. The van der Waals surface area contributed by atoms with Gasteiger partial charge >= 0.3 is 0 Å². The summed E-state index contributed by atoms with van der Waals surface area (Å²) in [5.74, 6) is 0.847. The fourth-order valence-corrected chi connectivity index (χ4v) is 5.10. The monoisotopic (exact) mass is 400 g/mol. The number of rotatable bonds is 6. The Balaban J connectivity index is 1.12. The first kappa shape index (κ1) is 20.8. The van der Waals surface area contributed by atoms with E-state index in [1.807, 2.05) is 35.2 Å². The molecule has 1 aromatic rings. The number of amides is 1. The molecule has 0 aromatic heterocycles. The maximum absolute atomic E-state index is 12.4. The van der Waals surface area contributed by atoms with Crippen molar-refractivity contribution >= 4 is 5.91 Å². The molecular formula is C24H36N2O3. The third kappa shape index (κ3) is 5.80. The zero-order valence-corrected chi connectivity index (χ0v) is 17.7. The van der Waals surface area contributed by atoms with Crippen LogP contribution in [0.2, 0.25) is 0 Å². The molecule has 5 heteroatoms. The Bertz CT molecular complexity index is 627. The van der Waals surface area contributed by atoms with Crippen LogP contribution in [0.5, 0.6) is 0 Å². The number of piperidine rings is 2. The first-order chi connectivity index (χ1) is 14.2. The highest BCUT2D eigenvalue weighted by atomic mass is 16.5. The largest absolute Gasteiger partial charge is 0.375 e. The van der Waals surface area contributed by atoms with Gasteiger partial charge in [-0.3, -0.25) is 4.79 Å². The molecule has 4 rings (SSSR count). The van der Waals surface area contributed by atoms with Crippen molar-refractivity contribution < 1.29 is 14.3 Å². The van der Waals surface area contributed by atoms with Gasteiger partial charge in [0.25, 0.3) is 0 Å². The molecule has 3 aliphatic rings. The van der Waals surface area contributed by atoms with E-state index in [1.54, 1.807) is 0 Å². The predicted octanol–water partition coefficient (Wildman–Crippen LogP) is 3.48. The van der Waals surface area contributed by atoms with E-state index in [0.29, 0.717) is 12.5 Å². The lowest BCUT2D eigenvalue weighted by atomic mass is 9.84. The average Bonchev–Trinajstić information content (AvgIpc) is 2.77. The van der Waals surface area contributed by atoms with Gasteiger partial charge in [-0.15, -0.1) is 0 Å². The first-order valence-corrected chi connectivity index (χ1v) is 11.5. The van der Waals surface area contributed by atoms with Gasteiger partial charge in [0, 0.05) is 39.3 Å². The van der Waals surface area contributed by atoms with Crippen LogP contribution in [0, 0.1) is 5.92 Å². The second kappa shape index (κ2) is 10.1. The fraction of sp³-hybridized carbons (Fsp3) is 0.708. The lowest BCUT2D eigenvalue weighted by Gasteiger charge is -2.45. The van der Waals surface area contributed by atoms with Crippen molar-refractivity contribution in [2.75, 3.05) is 45.9 Å². The summed E-state index contributed by atoms with van der Waals surface area (Å²) in [6, 6.07) is 10.0. The number of nitrogens with zero attached hydrogens (tertiary/aromatic N) is 2. The van der Waals surface area contributed by atoms with Crippen molar-refractivity contribution in [3.8, 4) is 0 Å². The van der Waals surface area contributed by atoms with Crippen LogP contribution >= 0.6 is 0 Å². The van der Waals surface area contributed by atoms with Crippen LogP contribution in [0.15, 0.2) is 30.3 Å². The highest BCUT2D eigenvalue weighted by molar-refractivity contribution is 5.77. The van der Waals surface area contributed by atoms with Gasteiger partial charge in [0.1, 0.15) is 6.61 Å². The van der Waals surface area contributed by atoms with Crippen LogP contribution in [0.1, 0.15) is 50.5 Å². The van der Waals surface area contributed by atoms with Crippen molar-refractivity contribution in [1.29, 1.82) is 0 Å². The molecule has 160 valence electrons. The van der Waals surface area contributed by atoms with Gasteiger partial charge in [0.15, 0.2) is 0 Å². The van der Waals surface area contributed by atoms with E-state index in [4.69, 9.17) is 9.47 Å². The Labute approximate surface area is 175 Å². The quantitative estimate of drug-likeness (QED) is 0.733. The molecule has 0 N–H and O–H groups in total. The van der Waals surface area contributed by atoms with Gasteiger partial charge in [0.05, 0.1) is 12.2 Å². The van der Waals surface area contributed by atoms with Gasteiger partial charge in [-0.05, 0) is 56.4 Å². The molecular weight excluding hydrogens is 364 g/mol. The van der Waals surface area contributed by atoms with Crippen molar-refractivity contribution in [2.24, 2.45) is 5.92 Å². The van der Waals surface area contributed by atoms with Gasteiger partial charge < -0.3 is 19.3 Å². The lowest BCUT2D eigenvalue weighted by molar-refractivity contribution is -0.138. The summed E-state index contributed by atoms with van der Waals surface area (Å²) >= 11 is 0. The topological polar surface area (TPSA) is 42.0 Å². The minimum atomic E-state index is 0.133. The van der Waals surface area contributed by atoms with E-state index in [2.05, 4.69) is 4.90 Å².